The smallest absolute Gasteiger partial charge is 0.295 e. The molecule has 0 spiro atoms. The summed E-state index contributed by atoms with van der Waals surface area (Å²) in [4.78, 5) is 17.4. The summed E-state index contributed by atoms with van der Waals surface area (Å²) in [5.41, 5.74) is 3.99. The van der Waals surface area contributed by atoms with E-state index in [4.69, 9.17) is 34.8 Å². The minimum atomic E-state index is -0.491. The number of hydrogen-bond acceptors (Lipinski definition) is 3. The molecule has 0 aliphatic rings. The molecule has 0 atom stereocenters. The fraction of sp³-hybridized carbons (Fsp3) is 0.0870. The van der Waals surface area contributed by atoms with Crippen LogP contribution in [0, 0.1) is 13.8 Å². The number of anilines is 1. The van der Waals surface area contributed by atoms with E-state index in [0.717, 1.165) is 16.7 Å². The molecule has 5 nitrogen and oxygen atoms in total. The second-order valence-corrected chi connectivity index (χ2v) is 8.30. The van der Waals surface area contributed by atoms with Crippen molar-refractivity contribution in [2.45, 2.75) is 13.8 Å². The largest absolute Gasteiger partial charge is 0.318 e. The van der Waals surface area contributed by atoms with E-state index < -0.39 is 5.91 Å². The lowest BCUT2D eigenvalue weighted by atomic mass is 10.1. The normalized spacial score (nSPS) is 10.9. The van der Waals surface area contributed by atoms with Gasteiger partial charge in [0.15, 0.2) is 5.82 Å². The first kappa shape index (κ1) is 21.4. The van der Waals surface area contributed by atoms with Gasteiger partial charge in [0.1, 0.15) is 0 Å². The lowest BCUT2D eigenvalue weighted by Gasteiger charge is -2.08. The van der Waals surface area contributed by atoms with Crippen LogP contribution < -0.4 is 5.32 Å². The van der Waals surface area contributed by atoms with Gasteiger partial charge in [-0.1, -0.05) is 70.7 Å². The maximum Gasteiger partial charge on any atom is 0.295 e. The zero-order valence-corrected chi connectivity index (χ0v) is 18.9. The summed E-state index contributed by atoms with van der Waals surface area (Å²) in [6.45, 7) is 3.92. The Balaban J connectivity index is 1.77. The van der Waals surface area contributed by atoms with Crippen LogP contribution in [0.3, 0.4) is 0 Å². The monoisotopic (exact) mass is 470 g/mol. The molecule has 0 bridgehead atoms. The summed E-state index contributed by atoms with van der Waals surface area (Å²) in [5.74, 6) is 0.0279. The van der Waals surface area contributed by atoms with Crippen LogP contribution in [0.4, 0.5) is 5.69 Å². The molecule has 1 aromatic heterocycles. The van der Waals surface area contributed by atoms with Crippen LogP contribution in [-0.4, -0.2) is 20.7 Å². The van der Waals surface area contributed by atoms with Gasteiger partial charge in [-0.25, -0.2) is 9.67 Å². The standard InChI is InChI=1S/C23H17Cl3N4O/c1-13-3-6-15(7-4-13)22-28-21(23(31)27-20-10-8-16(24)11-19(20)26)29-30(22)17-9-5-14(2)18(25)12-17/h3-12H,1-2H3,(H,27,31). The van der Waals surface area contributed by atoms with E-state index in [0.29, 0.717) is 32.3 Å². The Morgan fingerprint density at radius 3 is 2.32 bits per heavy atom. The predicted molar refractivity (Wildman–Crippen MR) is 126 cm³/mol. The van der Waals surface area contributed by atoms with Crippen LogP contribution in [0.1, 0.15) is 21.7 Å². The third kappa shape index (κ3) is 4.59. The van der Waals surface area contributed by atoms with Crippen LogP contribution in [0.5, 0.6) is 0 Å². The van der Waals surface area contributed by atoms with E-state index >= 15 is 0 Å². The zero-order chi connectivity index (χ0) is 22.1. The molecule has 1 heterocycles. The van der Waals surface area contributed by atoms with Gasteiger partial charge in [-0.2, -0.15) is 0 Å². The quantitative estimate of drug-likeness (QED) is 0.357. The third-order valence-corrected chi connectivity index (χ3v) is 5.65. The minimum absolute atomic E-state index is 0.00158. The van der Waals surface area contributed by atoms with Crippen LogP contribution >= 0.6 is 34.8 Å². The first-order valence-electron chi connectivity index (χ1n) is 9.39. The third-order valence-electron chi connectivity index (χ3n) is 4.70. The molecule has 1 N–H and O–H groups in total. The van der Waals surface area contributed by atoms with Crippen molar-refractivity contribution in [1.29, 1.82) is 0 Å². The van der Waals surface area contributed by atoms with Gasteiger partial charge in [0.05, 0.1) is 16.4 Å². The van der Waals surface area contributed by atoms with Crippen molar-refractivity contribution in [3.63, 3.8) is 0 Å². The van der Waals surface area contributed by atoms with Gasteiger partial charge in [0, 0.05) is 15.6 Å². The van der Waals surface area contributed by atoms with Gasteiger partial charge in [-0.3, -0.25) is 4.79 Å². The summed E-state index contributed by atoms with van der Waals surface area (Å²) in [5, 5.41) is 8.59. The molecule has 8 heteroatoms. The van der Waals surface area contributed by atoms with Crippen LogP contribution in [0.15, 0.2) is 60.7 Å². The Morgan fingerprint density at radius 2 is 1.65 bits per heavy atom. The summed E-state index contributed by atoms with van der Waals surface area (Å²) < 4.78 is 1.61. The first-order chi connectivity index (χ1) is 14.8. The van der Waals surface area contributed by atoms with E-state index in [1.807, 2.05) is 50.2 Å². The molecule has 1 amide bonds. The van der Waals surface area contributed by atoms with Crippen molar-refractivity contribution in [2.75, 3.05) is 5.32 Å². The maximum absolute atomic E-state index is 12.9. The number of carbonyl (C=O) groups excluding carboxylic acids is 1. The van der Waals surface area contributed by atoms with E-state index in [9.17, 15) is 4.79 Å². The van der Waals surface area contributed by atoms with E-state index in [1.54, 1.807) is 28.9 Å². The molecule has 0 unspecified atom stereocenters. The van der Waals surface area contributed by atoms with Gasteiger partial charge >= 0.3 is 0 Å². The number of benzene rings is 3. The van der Waals surface area contributed by atoms with E-state index in [1.165, 1.54) is 0 Å². The van der Waals surface area contributed by atoms with Crippen molar-refractivity contribution in [3.05, 3.63) is 92.7 Å². The van der Waals surface area contributed by atoms with Crippen molar-refractivity contribution in [2.24, 2.45) is 0 Å². The molecule has 0 fully saturated rings. The minimum Gasteiger partial charge on any atom is -0.318 e. The number of amides is 1. The molecule has 0 saturated heterocycles. The molecule has 3 aromatic carbocycles. The summed E-state index contributed by atoms with van der Waals surface area (Å²) in [6.07, 6.45) is 0. The van der Waals surface area contributed by atoms with Gasteiger partial charge in [-0.05, 0) is 49.7 Å². The summed E-state index contributed by atoms with van der Waals surface area (Å²) >= 11 is 18.4. The van der Waals surface area contributed by atoms with Crippen LogP contribution in [0.2, 0.25) is 15.1 Å². The summed E-state index contributed by atoms with van der Waals surface area (Å²) in [6, 6.07) is 18.2. The van der Waals surface area contributed by atoms with E-state index in [2.05, 4.69) is 15.4 Å². The van der Waals surface area contributed by atoms with Gasteiger partial charge < -0.3 is 5.32 Å². The second kappa shape index (κ2) is 8.71. The average Bonchev–Trinajstić information content (AvgIpc) is 3.18. The molecule has 4 aromatic rings. The number of nitrogens with zero attached hydrogens (tertiary/aromatic N) is 3. The molecule has 0 aliphatic heterocycles. The maximum atomic E-state index is 12.9. The number of rotatable bonds is 4. The number of hydrogen-bond donors (Lipinski definition) is 1. The van der Waals surface area contributed by atoms with Crippen LogP contribution in [-0.2, 0) is 0 Å². The van der Waals surface area contributed by atoms with Crippen molar-refractivity contribution in [1.82, 2.24) is 14.8 Å². The van der Waals surface area contributed by atoms with Gasteiger partial charge in [-0.15, -0.1) is 5.10 Å². The molecule has 0 saturated carbocycles. The Morgan fingerprint density at radius 1 is 0.903 bits per heavy atom. The Kier molecular flexibility index (Phi) is 6.01. The average molecular weight is 472 g/mol. The molecule has 4 rings (SSSR count). The highest BCUT2D eigenvalue weighted by atomic mass is 35.5. The first-order valence-corrected chi connectivity index (χ1v) is 10.5. The van der Waals surface area contributed by atoms with Gasteiger partial charge in [0.2, 0.25) is 5.82 Å². The lowest BCUT2D eigenvalue weighted by Crippen LogP contribution is -2.14. The topological polar surface area (TPSA) is 59.8 Å². The molecule has 31 heavy (non-hydrogen) atoms. The predicted octanol–water partition coefficient (Wildman–Crippen LogP) is 6.76. The van der Waals surface area contributed by atoms with E-state index in [-0.39, 0.29) is 5.82 Å². The highest BCUT2D eigenvalue weighted by molar-refractivity contribution is 6.36. The second-order valence-electron chi connectivity index (χ2n) is 7.05. The highest BCUT2D eigenvalue weighted by Crippen LogP contribution is 2.27. The number of aryl methyl sites for hydroxylation is 2. The number of aromatic nitrogens is 3. The SMILES string of the molecule is Cc1ccc(-c2nc(C(=O)Nc3ccc(Cl)cc3Cl)nn2-c2ccc(C)c(Cl)c2)cc1. The lowest BCUT2D eigenvalue weighted by molar-refractivity contribution is 0.101. The number of nitrogens with one attached hydrogen (secondary N) is 1. The Labute approximate surface area is 194 Å². The van der Waals surface area contributed by atoms with Crippen molar-refractivity contribution >= 4 is 46.4 Å². The van der Waals surface area contributed by atoms with Crippen molar-refractivity contribution < 1.29 is 4.79 Å². The Bertz CT molecular complexity index is 1280. The molecule has 156 valence electrons. The fourth-order valence-electron chi connectivity index (χ4n) is 2.96. The molecule has 0 radical (unpaired) electrons. The van der Waals surface area contributed by atoms with Crippen LogP contribution in [0.25, 0.3) is 17.1 Å². The zero-order valence-electron chi connectivity index (χ0n) is 16.7. The number of halogens is 3. The number of carbonyl (C=O) groups is 1. The van der Waals surface area contributed by atoms with Gasteiger partial charge in [0.25, 0.3) is 5.91 Å². The molecule has 0 aliphatic carbocycles. The molecular weight excluding hydrogens is 455 g/mol. The van der Waals surface area contributed by atoms with Crippen molar-refractivity contribution in [3.8, 4) is 17.1 Å². The summed E-state index contributed by atoms with van der Waals surface area (Å²) in [7, 11) is 0. The highest BCUT2D eigenvalue weighted by Gasteiger charge is 2.20. The Hall–Kier alpha value is -2.86. The molecular formula is C23H17Cl3N4O. The fourth-order valence-corrected chi connectivity index (χ4v) is 3.59.